The van der Waals surface area contributed by atoms with E-state index in [0.29, 0.717) is 49.5 Å². The lowest BCUT2D eigenvalue weighted by molar-refractivity contribution is -0.0498. The number of nitrogens with two attached hydrogens (primary N) is 1. The topological polar surface area (TPSA) is 334 Å². The lowest BCUT2D eigenvalue weighted by Crippen LogP contribution is -2.33. The van der Waals surface area contributed by atoms with Crippen molar-refractivity contribution in [3.8, 4) is 30.1 Å². The summed E-state index contributed by atoms with van der Waals surface area (Å²) in [4.78, 5) is 71.7. The summed E-state index contributed by atoms with van der Waals surface area (Å²) in [5, 5.41) is 6.30. The fourth-order valence-electron chi connectivity index (χ4n) is 9.99. The number of halogens is 4. The van der Waals surface area contributed by atoms with E-state index >= 15 is 0 Å². The normalized spacial score (nSPS) is 12.7. The average molecular weight is 1630 g/mol. The zero-order valence-corrected chi connectivity index (χ0v) is 72.9. The highest BCUT2D eigenvalue weighted by Crippen LogP contribution is 2.37. The van der Waals surface area contributed by atoms with Gasteiger partial charge in [0.2, 0.25) is 5.88 Å². The SMILES string of the molecule is C.C#CC.CC#CC.CCN(CC)CC.CN.CNc1nc(C)c(C)c2c1CCC2.CNc1nc(C)c(C)c2c1CN(C(=O)OC(C)(C)C)C2.CS(=O)(=O)OS(=O)(=O)C(F)(F)F.Cc1[nH]c(=O)c2c(c1C)CN(C(=O)OC(C)(C)C)C2.Cc1nc(OS(C)(=O)=O)c2c(c1C)CN(C(=O)OC(C)(C)C)C2.Cl.PP. The summed E-state index contributed by atoms with van der Waals surface area (Å²) in [6.45, 7) is 50.2. The van der Waals surface area contributed by atoms with Crippen molar-refractivity contribution >= 4 is 90.5 Å². The Labute approximate surface area is 648 Å². The maximum absolute atomic E-state index is 12.2. The van der Waals surface area contributed by atoms with Gasteiger partial charge in [-0.2, -0.15) is 38.4 Å². The zero-order valence-electron chi connectivity index (χ0n) is 67.3. The molecule has 8 rings (SSSR count). The molecule has 0 saturated carbocycles. The van der Waals surface area contributed by atoms with Crippen molar-refractivity contribution in [1.82, 2.24) is 39.5 Å². The number of anilines is 2. The molecule has 26 nitrogen and oxygen atoms in total. The highest BCUT2D eigenvalue weighted by Gasteiger charge is 2.49. The minimum absolute atomic E-state index is 0. The molecule has 107 heavy (non-hydrogen) atoms. The number of nitrogens with one attached hydrogen (secondary N) is 3. The number of rotatable bonds is 9. The number of H-pyrrole nitrogens is 1. The number of hydrogen-bond donors (Lipinski definition) is 4. The molecule has 0 radical (unpaired) electrons. The van der Waals surface area contributed by atoms with Crippen molar-refractivity contribution in [3.63, 3.8) is 0 Å². The Morgan fingerprint density at radius 1 is 0.561 bits per heavy atom. The maximum atomic E-state index is 12.2. The first-order valence-corrected chi connectivity index (χ1v) is 41.3. The molecule has 4 aromatic rings. The number of fused-ring (bicyclic) bond motifs is 4. The molecular formula is C72H123ClF3N11O15P2S3. The number of amides is 3. The molecule has 0 saturated heterocycles. The summed E-state index contributed by atoms with van der Waals surface area (Å²) in [5.74, 6) is 9.60. The van der Waals surface area contributed by atoms with Gasteiger partial charge in [-0.3, -0.25) is 19.5 Å². The van der Waals surface area contributed by atoms with Gasteiger partial charge in [-0.1, -0.05) is 28.2 Å². The maximum Gasteiger partial charge on any atom is 0.524 e. The Kier molecular flexibility index (Phi) is 47.4. The van der Waals surface area contributed by atoms with Crippen molar-refractivity contribution in [2.75, 3.05) is 63.9 Å². The monoisotopic (exact) mass is 1630 g/mol. The fourth-order valence-corrected chi connectivity index (χ4v) is 12.0. The number of nitrogens with zero attached hydrogens (tertiary/aromatic N) is 7. The molecule has 612 valence electrons. The first kappa shape index (κ1) is 107. The Bertz CT molecular complexity index is 4080. The number of terminal acetylenes is 1. The summed E-state index contributed by atoms with van der Waals surface area (Å²) in [5.41, 5.74) is 13.7. The van der Waals surface area contributed by atoms with Crippen LogP contribution >= 0.6 is 30.3 Å². The van der Waals surface area contributed by atoms with Crippen molar-refractivity contribution < 1.29 is 74.8 Å². The van der Waals surface area contributed by atoms with Crippen LogP contribution in [0.4, 0.5) is 39.2 Å². The third-order valence-corrected chi connectivity index (χ3v) is 18.1. The Hall–Kier alpha value is -6.60. The van der Waals surface area contributed by atoms with E-state index in [1.807, 2.05) is 97.2 Å². The third kappa shape index (κ3) is 36.2. The standard InChI is InChI=1S/C15H23N3O2.C15H22N2O5S.C14H20N2O3.C11H16N2.C6H15N.C4H6.C3H4.C2H3F3O5S2.CH5N.CH4.ClH.H4P2/c1-9-10(2)17-13(16-6)12-8-18(7-11(9)12)14(19)20-15(3,4)5;1-9-10(2)16-13(22-23(6,19)20)12-8-17(7-11(9)12)14(18)21-15(3,4)5;1-8-9(2)15-12(17)11-7-16(6-10(8)11)13(18)19-14(3,4)5;1-7-8(2)13-11(12-3)10-6-4-5-9(7)10;1-4-7(5-2)6-3;1-3-4-2;1-3-2;1-11(6,7)10-12(8,9)2(3,4)5;1-2;;;1-2/h7-8H2,1-6H3,(H,16,17);7-8H2,1-6H3;6-7H2,1-5H3,(H,15,17);4-6H2,1-3H3,(H,12,13);4-6H2,1-3H3;1-2H3;1H,2H3;1H3;2H2,1H3;1H4;1H;1-2H2. The predicted molar refractivity (Wildman–Crippen MR) is 432 cm³/mol. The number of pyridine rings is 4. The smallest absolute Gasteiger partial charge is 0.444 e. The van der Waals surface area contributed by atoms with E-state index in [-0.39, 0.29) is 56.3 Å². The van der Waals surface area contributed by atoms with Gasteiger partial charge in [-0.15, -0.1) is 58.1 Å². The molecule has 3 amide bonds. The van der Waals surface area contributed by atoms with Gasteiger partial charge in [0, 0.05) is 53.6 Å². The molecule has 4 aromatic heterocycles. The van der Waals surface area contributed by atoms with Crippen molar-refractivity contribution in [3.05, 3.63) is 99.9 Å². The molecule has 7 heterocycles. The molecule has 5 N–H and O–H groups in total. The molecule has 0 fully saturated rings. The first-order valence-electron chi connectivity index (χ1n) is 33.6. The number of ether oxygens (including phenoxy) is 3. The van der Waals surface area contributed by atoms with E-state index in [4.69, 9.17) is 18.4 Å². The second-order valence-corrected chi connectivity index (χ2v) is 31.6. The van der Waals surface area contributed by atoms with Crippen LogP contribution in [-0.4, -0.2) is 159 Å². The van der Waals surface area contributed by atoms with Gasteiger partial charge >= 0.3 is 44.0 Å². The average Bonchev–Trinajstić information content (AvgIpc) is 1.66. The number of carbonyl (C=O) groups is 3. The molecule has 2 unspecified atom stereocenters. The van der Waals surface area contributed by atoms with E-state index < -0.39 is 58.8 Å². The highest BCUT2D eigenvalue weighted by atomic mass is 35.5. The summed E-state index contributed by atoms with van der Waals surface area (Å²) >= 11 is 0. The number of aromatic nitrogens is 4. The van der Waals surface area contributed by atoms with Gasteiger partial charge in [0.15, 0.2) is 0 Å². The number of aryl methyl sites for hydroxylation is 4. The quantitative estimate of drug-likeness (QED) is 0.0397. The summed E-state index contributed by atoms with van der Waals surface area (Å²) in [6, 6.07) is 0. The molecule has 2 atom stereocenters. The Balaban J connectivity index is -0.000000590. The zero-order chi connectivity index (χ0) is 82.5. The second-order valence-electron chi connectivity index (χ2n) is 26.7. The molecule has 0 bridgehead atoms. The van der Waals surface area contributed by atoms with Gasteiger partial charge in [0.25, 0.3) is 15.7 Å². The number of hydrogen-bond acceptors (Lipinski definition) is 22. The van der Waals surface area contributed by atoms with Crippen molar-refractivity contribution in [2.45, 2.75) is 248 Å². The van der Waals surface area contributed by atoms with Crippen molar-refractivity contribution in [2.24, 2.45) is 5.73 Å². The van der Waals surface area contributed by atoms with Crippen LogP contribution in [0.15, 0.2) is 4.79 Å². The van der Waals surface area contributed by atoms with E-state index in [2.05, 4.69) is 128 Å². The summed E-state index contributed by atoms with van der Waals surface area (Å²) in [7, 11) is -4.43. The van der Waals surface area contributed by atoms with Crippen molar-refractivity contribution in [1.29, 1.82) is 0 Å². The van der Waals surface area contributed by atoms with Crippen LogP contribution in [0, 0.1) is 79.6 Å². The number of carbonyl (C=O) groups excluding carboxylic acids is 3. The molecule has 0 aromatic carbocycles. The Morgan fingerprint density at radius 2 is 0.869 bits per heavy atom. The second kappa shape index (κ2) is 47.5. The van der Waals surface area contributed by atoms with Gasteiger partial charge in [0.1, 0.15) is 28.4 Å². The van der Waals surface area contributed by atoms with E-state index in [9.17, 15) is 57.6 Å². The number of aromatic amines is 1. The van der Waals surface area contributed by atoms with Crippen LogP contribution in [0.3, 0.4) is 0 Å². The van der Waals surface area contributed by atoms with Crippen LogP contribution in [-0.2, 0) is 100 Å². The van der Waals surface area contributed by atoms with Crippen LogP contribution in [0.2, 0.25) is 0 Å². The summed E-state index contributed by atoms with van der Waals surface area (Å²) in [6.07, 6.45) is 8.38. The van der Waals surface area contributed by atoms with Crippen LogP contribution < -0.4 is 26.1 Å². The van der Waals surface area contributed by atoms with E-state index in [1.165, 1.54) is 78.8 Å². The lowest BCUT2D eigenvalue weighted by Gasteiger charge is -2.24. The van der Waals surface area contributed by atoms with Crippen LogP contribution in [0.1, 0.15) is 207 Å². The molecule has 0 spiro atoms. The first-order chi connectivity index (χ1) is 48.2. The molecule has 3 aliphatic heterocycles. The molecule has 1 aliphatic carbocycles. The lowest BCUT2D eigenvalue weighted by atomic mass is 10.0. The minimum Gasteiger partial charge on any atom is -0.444 e. The molecule has 4 aliphatic rings. The van der Waals surface area contributed by atoms with Crippen LogP contribution in [0.25, 0.3) is 0 Å². The fraction of sp³-hybridized carbons (Fsp3) is 0.625. The van der Waals surface area contributed by atoms with Gasteiger partial charge in [0.05, 0.1) is 51.8 Å². The molecular weight excluding hydrogens is 1510 g/mol. The minimum atomic E-state index is -6.04. The predicted octanol–water partition coefficient (Wildman–Crippen LogP) is 13.9. The third-order valence-electron chi connectivity index (χ3n) is 15.4. The largest absolute Gasteiger partial charge is 0.524 e. The van der Waals surface area contributed by atoms with Gasteiger partial charge in [-0.05, 0) is 234 Å². The Morgan fingerprint density at radius 3 is 1.18 bits per heavy atom. The number of alkyl halides is 3. The highest BCUT2D eigenvalue weighted by molar-refractivity contribution is 8.00. The van der Waals surface area contributed by atoms with Crippen LogP contribution in [0.5, 0.6) is 5.88 Å². The van der Waals surface area contributed by atoms with E-state index in [1.54, 1.807) is 44.4 Å². The van der Waals surface area contributed by atoms with Gasteiger partial charge < -0.3 is 44.6 Å². The van der Waals surface area contributed by atoms with E-state index in [0.717, 1.165) is 62.7 Å². The molecule has 35 heteroatoms. The summed E-state index contributed by atoms with van der Waals surface area (Å²) < 4.78 is 121. The van der Waals surface area contributed by atoms with Gasteiger partial charge in [-0.25, -0.2) is 29.3 Å².